The minimum atomic E-state index is -0.789. The molecule has 1 atom stereocenters. The average Bonchev–Trinajstić information content (AvgIpc) is 3.49. The normalized spacial score (nSPS) is 11.7. The Labute approximate surface area is 188 Å². The first-order valence-corrected chi connectivity index (χ1v) is 11.0. The molecule has 0 aliphatic rings. The van der Waals surface area contributed by atoms with Crippen LogP contribution in [0.1, 0.15) is 25.6 Å². The first-order valence-electron chi connectivity index (χ1n) is 10.1. The van der Waals surface area contributed by atoms with Gasteiger partial charge < -0.3 is 20.9 Å². The number of amides is 3. The van der Waals surface area contributed by atoms with Crippen LogP contribution in [0.5, 0.6) is 0 Å². The summed E-state index contributed by atoms with van der Waals surface area (Å²) in [5.74, 6) is -0.842. The Morgan fingerprint density at radius 1 is 0.969 bits per heavy atom. The van der Waals surface area contributed by atoms with E-state index >= 15 is 0 Å². The van der Waals surface area contributed by atoms with E-state index in [1.165, 1.54) is 11.3 Å². The fraction of sp³-hybridized carbons (Fsp3) is 0.125. The third-order valence-electron chi connectivity index (χ3n) is 5.11. The number of nitrogens with one attached hydrogen (secondary N) is 4. The van der Waals surface area contributed by atoms with Crippen molar-refractivity contribution in [3.8, 4) is 0 Å². The van der Waals surface area contributed by atoms with E-state index in [4.69, 9.17) is 0 Å². The van der Waals surface area contributed by atoms with Crippen molar-refractivity contribution in [1.82, 2.24) is 15.6 Å². The van der Waals surface area contributed by atoms with Gasteiger partial charge in [-0.05, 0) is 47.3 Å². The Hall–Kier alpha value is -3.91. The predicted octanol–water partition coefficient (Wildman–Crippen LogP) is 3.57. The molecule has 0 aliphatic heterocycles. The van der Waals surface area contributed by atoms with Gasteiger partial charge in [0.2, 0.25) is 5.91 Å². The van der Waals surface area contributed by atoms with Crippen LogP contribution in [0.2, 0.25) is 0 Å². The van der Waals surface area contributed by atoms with Crippen molar-refractivity contribution in [2.45, 2.75) is 12.5 Å². The molecule has 0 unspecified atom stereocenters. The van der Waals surface area contributed by atoms with Crippen molar-refractivity contribution in [3.05, 3.63) is 88.2 Å². The molecule has 2 aromatic heterocycles. The molecule has 0 bridgehead atoms. The summed E-state index contributed by atoms with van der Waals surface area (Å²) in [6, 6.07) is 17.1. The summed E-state index contributed by atoms with van der Waals surface area (Å²) in [6.07, 6.45) is 2.18. The maximum absolute atomic E-state index is 13.1. The van der Waals surface area contributed by atoms with E-state index in [9.17, 15) is 14.4 Å². The van der Waals surface area contributed by atoms with Crippen molar-refractivity contribution in [2.75, 3.05) is 12.4 Å². The van der Waals surface area contributed by atoms with Crippen molar-refractivity contribution in [2.24, 2.45) is 0 Å². The molecular formula is C24H22N4O3S. The molecule has 0 spiro atoms. The zero-order valence-electron chi connectivity index (χ0n) is 17.3. The Bertz CT molecular complexity index is 1250. The third-order valence-corrected chi connectivity index (χ3v) is 5.98. The summed E-state index contributed by atoms with van der Waals surface area (Å²) in [4.78, 5) is 41.3. The van der Waals surface area contributed by atoms with Crippen molar-refractivity contribution >= 4 is 45.6 Å². The van der Waals surface area contributed by atoms with Gasteiger partial charge in [0, 0.05) is 41.8 Å². The summed E-state index contributed by atoms with van der Waals surface area (Å²) >= 11 is 1.32. The molecule has 0 saturated carbocycles. The second kappa shape index (κ2) is 9.49. The number of carbonyl (C=O) groups excluding carboxylic acids is 3. The van der Waals surface area contributed by atoms with Crippen LogP contribution < -0.4 is 16.0 Å². The summed E-state index contributed by atoms with van der Waals surface area (Å²) in [6.45, 7) is 0. The van der Waals surface area contributed by atoms with Crippen LogP contribution in [0.25, 0.3) is 10.9 Å². The lowest BCUT2D eigenvalue weighted by molar-refractivity contribution is -0.118. The van der Waals surface area contributed by atoms with E-state index in [0.717, 1.165) is 16.5 Å². The van der Waals surface area contributed by atoms with Crippen LogP contribution in [0, 0.1) is 0 Å². The van der Waals surface area contributed by atoms with Crippen molar-refractivity contribution in [1.29, 1.82) is 0 Å². The molecule has 4 N–H and O–H groups in total. The maximum Gasteiger partial charge on any atom is 0.262 e. The molecule has 0 aliphatic carbocycles. The number of thiophene rings is 1. The Balaban J connectivity index is 1.55. The van der Waals surface area contributed by atoms with Gasteiger partial charge in [-0.3, -0.25) is 14.4 Å². The van der Waals surface area contributed by atoms with E-state index in [-0.39, 0.29) is 17.7 Å². The van der Waals surface area contributed by atoms with E-state index in [0.29, 0.717) is 22.5 Å². The predicted molar refractivity (Wildman–Crippen MR) is 126 cm³/mol. The van der Waals surface area contributed by atoms with Crippen molar-refractivity contribution < 1.29 is 14.4 Å². The Kier molecular flexibility index (Phi) is 6.32. The van der Waals surface area contributed by atoms with Crippen LogP contribution in [0.3, 0.4) is 0 Å². The van der Waals surface area contributed by atoms with Crippen LogP contribution in [-0.2, 0) is 11.2 Å². The highest BCUT2D eigenvalue weighted by molar-refractivity contribution is 7.12. The van der Waals surface area contributed by atoms with Crippen molar-refractivity contribution in [3.63, 3.8) is 0 Å². The monoisotopic (exact) mass is 446 g/mol. The van der Waals surface area contributed by atoms with Crippen LogP contribution in [0.4, 0.5) is 5.69 Å². The van der Waals surface area contributed by atoms with Gasteiger partial charge in [0.15, 0.2) is 0 Å². The van der Waals surface area contributed by atoms with Crippen LogP contribution in [-0.4, -0.2) is 35.8 Å². The fourth-order valence-electron chi connectivity index (χ4n) is 3.45. The van der Waals surface area contributed by atoms with E-state index < -0.39 is 6.04 Å². The van der Waals surface area contributed by atoms with E-state index in [2.05, 4.69) is 20.9 Å². The third kappa shape index (κ3) is 4.70. The number of anilines is 1. The molecular weight excluding hydrogens is 424 g/mol. The number of aromatic amines is 1. The summed E-state index contributed by atoms with van der Waals surface area (Å²) in [5.41, 5.74) is 2.93. The quantitative estimate of drug-likeness (QED) is 0.349. The SMILES string of the molecule is CNC(=O)c1ccc(NC(=O)[C@@H](Cc2c[nH]c3ccccc23)NC(=O)c2cccs2)cc1. The van der Waals surface area contributed by atoms with Gasteiger partial charge in [0.05, 0.1) is 4.88 Å². The van der Waals surface area contributed by atoms with Gasteiger partial charge >= 0.3 is 0 Å². The zero-order valence-corrected chi connectivity index (χ0v) is 18.2. The van der Waals surface area contributed by atoms with Gasteiger partial charge in [-0.25, -0.2) is 0 Å². The first-order chi connectivity index (χ1) is 15.5. The maximum atomic E-state index is 13.1. The lowest BCUT2D eigenvalue weighted by Crippen LogP contribution is -2.45. The molecule has 2 heterocycles. The Morgan fingerprint density at radius 2 is 1.75 bits per heavy atom. The van der Waals surface area contributed by atoms with Gasteiger partial charge in [-0.2, -0.15) is 0 Å². The number of para-hydroxylation sites is 1. The number of benzene rings is 2. The highest BCUT2D eigenvalue weighted by Gasteiger charge is 2.24. The fourth-order valence-corrected chi connectivity index (χ4v) is 4.07. The number of hydrogen-bond acceptors (Lipinski definition) is 4. The van der Waals surface area contributed by atoms with Gasteiger partial charge in [0.1, 0.15) is 6.04 Å². The molecule has 0 fully saturated rings. The number of H-pyrrole nitrogens is 1. The van der Waals surface area contributed by atoms with Gasteiger partial charge in [0.25, 0.3) is 11.8 Å². The number of rotatable bonds is 7. The smallest absolute Gasteiger partial charge is 0.262 e. The molecule has 32 heavy (non-hydrogen) atoms. The van der Waals surface area contributed by atoms with E-state index in [1.54, 1.807) is 43.4 Å². The lowest BCUT2D eigenvalue weighted by Gasteiger charge is -2.18. The largest absolute Gasteiger partial charge is 0.361 e. The topological polar surface area (TPSA) is 103 Å². The molecule has 4 aromatic rings. The zero-order chi connectivity index (χ0) is 22.5. The summed E-state index contributed by atoms with van der Waals surface area (Å²) in [5, 5.41) is 11.1. The van der Waals surface area contributed by atoms with E-state index in [1.807, 2.05) is 35.8 Å². The van der Waals surface area contributed by atoms with Crippen LogP contribution in [0.15, 0.2) is 72.2 Å². The molecule has 2 aromatic carbocycles. The molecule has 7 nitrogen and oxygen atoms in total. The summed E-state index contributed by atoms with van der Waals surface area (Å²) < 4.78 is 0. The first kappa shape index (κ1) is 21.3. The number of carbonyl (C=O) groups is 3. The second-order valence-corrected chi connectivity index (χ2v) is 8.16. The lowest BCUT2D eigenvalue weighted by atomic mass is 10.0. The van der Waals surface area contributed by atoms with Gasteiger partial charge in [-0.1, -0.05) is 24.3 Å². The highest BCUT2D eigenvalue weighted by atomic mass is 32.1. The van der Waals surface area contributed by atoms with Crippen LogP contribution >= 0.6 is 11.3 Å². The number of fused-ring (bicyclic) bond motifs is 1. The second-order valence-electron chi connectivity index (χ2n) is 7.21. The molecule has 8 heteroatoms. The minimum Gasteiger partial charge on any atom is -0.361 e. The minimum absolute atomic E-state index is 0.205. The highest BCUT2D eigenvalue weighted by Crippen LogP contribution is 2.20. The van der Waals surface area contributed by atoms with Gasteiger partial charge in [-0.15, -0.1) is 11.3 Å². The molecule has 4 rings (SSSR count). The number of hydrogen-bond donors (Lipinski definition) is 4. The molecule has 0 saturated heterocycles. The standard InChI is InChI=1S/C24H22N4O3S/c1-25-22(29)15-8-10-17(11-9-15)27-23(30)20(28-24(31)21-7-4-12-32-21)13-16-14-26-19-6-3-2-5-18(16)19/h2-12,14,20,26H,13H2,1H3,(H,25,29)(H,27,30)(H,28,31)/t20-/m1/s1. The molecule has 3 amide bonds. The summed E-state index contributed by atoms with van der Waals surface area (Å²) in [7, 11) is 1.56. The average molecular weight is 447 g/mol. The number of aromatic nitrogens is 1. The molecule has 0 radical (unpaired) electrons. The Morgan fingerprint density at radius 3 is 2.47 bits per heavy atom. The molecule has 162 valence electrons.